The van der Waals surface area contributed by atoms with Gasteiger partial charge in [-0.15, -0.1) is 0 Å². The van der Waals surface area contributed by atoms with Crippen molar-refractivity contribution < 1.29 is 23.8 Å². The maximum absolute atomic E-state index is 12.2. The van der Waals surface area contributed by atoms with E-state index < -0.39 is 23.6 Å². The second-order valence-corrected chi connectivity index (χ2v) is 7.00. The summed E-state index contributed by atoms with van der Waals surface area (Å²) in [6, 6.07) is 14.6. The van der Waals surface area contributed by atoms with Crippen LogP contribution in [0.3, 0.4) is 0 Å². The van der Waals surface area contributed by atoms with Gasteiger partial charge >= 0.3 is 11.6 Å². The molecule has 29 heavy (non-hydrogen) atoms. The van der Waals surface area contributed by atoms with E-state index in [2.05, 4.69) is 5.32 Å². The standard InChI is InChI=1S/C22H21NO6/c1-13(2)12-23-20(24)17-10-15-8-9-16(11-18(15)29-22(17)27)28-19(21(25)26)14-6-4-3-5-7-14/h3-11,13,19H,12H2,1-2H3,(H,23,24)(H,25,26). The highest BCUT2D eigenvalue weighted by molar-refractivity contribution is 5.96. The number of hydrogen-bond donors (Lipinski definition) is 2. The summed E-state index contributed by atoms with van der Waals surface area (Å²) < 4.78 is 10.9. The summed E-state index contributed by atoms with van der Waals surface area (Å²) in [5.74, 6) is -1.16. The second-order valence-electron chi connectivity index (χ2n) is 7.00. The zero-order valence-electron chi connectivity index (χ0n) is 16.0. The molecule has 2 aromatic carbocycles. The van der Waals surface area contributed by atoms with Crippen LogP contribution >= 0.6 is 0 Å². The molecule has 3 aromatic rings. The largest absolute Gasteiger partial charge is 0.478 e. The molecule has 0 fully saturated rings. The summed E-state index contributed by atoms with van der Waals surface area (Å²) in [6.07, 6.45) is -1.21. The van der Waals surface area contributed by atoms with Crippen molar-refractivity contribution >= 4 is 22.8 Å². The Morgan fingerprint density at radius 1 is 1.10 bits per heavy atom. The number of amides is 1. The number of fused-ring (bicyclic) bond motifs is 1. The van der Waals surface area contributed by atoms with Gasteiger partial charge in [0.05, 0.1) is 0 Å². The van der Waals surface area contributed by atoms with Crippen LogP contribution < -0.4 is 15.7 Å². The molecule has 1 heterocycles. The molecule has 0 bridgehead atoms. The van der Waals surface area contributed by atoms with Crippen LogP contribution in [-0.4, -0.2) is 23.5 Å². The zero-order chi connectivity index (χ0) is 21.0. The Morgan fingerprint density at radius 2 is 1.83 bits per heavy atom. The first-order chi connectivity index (χ1) is 13.8. The van der Waals surface area contributed by atoms with Crippen LogP contribution in [0.5, 0.6) is 5.75 Å². The van der Waals surface area contributed by atoms with Crippen LogP contribution in [0.1, 0.15) is 35.9 Å². The molecule has 1 unspecified atom stereocenters. The lowest BCUT2D eigenvalue weighted by Crippen LogP contribution is -2.31. The lowest BCUT2D eigenvalue weighted by Gasteiger charge is -2.15. The first-order valence-corrected chi connectivity index (χ1v) is 9.15. The van der Waals surface area contributed by atoms with E-state index in [0.717, 1.165) is 0 Å². The maximum atomic E-state index is 12.2. The van der Waals surface area contributed by atoms with Crippen LogP contribution in [0, 0.1) is 5.92 Å². The molecule has 3 rings (SSSR count). The Hall–Kier alpha value is -3.61. The predicted octanol–water partition coefficient (Wildman–Crippen LogP) is 3.38. The molecule has 0 aliphatic rings. The number of aliphatic carboxylic acids is 1. The highest BCUT2D eigenvalue weighted by atomic mass is 16.5. The van der Waals surface area contributed by atoms with Gasteiger partial charge in [-0.3, -0.25) is 4.79 Å². The predicted molar refractivity (Wildman–Crippen MR) is 107 cm³/mol. The van der Waals surface area contributed by atoms with Crippen molar-refractivity contribution in [1.82, 2.24) is 5.32 Å². The van der Waals surface area contributed by atoms with E-state index in [9.17, 15) is 19.5 Å². The van der Waals surface area contributed by atoms with Gasteiger partial charge in [-0.05, 0) is 24.1 Å². The molecule has 0 radical (unpaired) electrons. The molecule has 2 N–H and O–H groups in total. The molecular weight excluding hydrogens is 374 g/mol. The number of benzene rings is 2. The first kappa shape index (κ1) is 20.1. The minimum atomic E-state index is -1.21. The molecule has 7 heteroatoms. The topological polar surface area (TPSA) is 106 Å². The molecule has 1 aromatic heterocycles. The number of carbonyl (C=O) groups is 2. The molecule has 1 atom stereocenters. The minimum Gasteiger partial charge on any atom is -0.478 e. The number of carbonyl (C=O) groups excluding carboxylic acids is 1. The third-order valence-corrected chi connectivity index (χ3v) is 4.20. The quantitative estimate of drug-likeness (QED) is 0.594. The number of hydrogen-bond acceptors (Lipinski definition) is 5. The molecule has 0 saturated heterocycles. The van der Waals surface area contributed by atoms with Crippen LogP contribution in [0.25, 0.3) is 11.0 Å². The average molecular weight is 395 g/mol. The molecular formula is C22H21NO6. The highest BCUT2D eigenvalue weighted by Gasteiger charge is 2.22. The molecule has 1 amide bonds. The summed E-state index contributed by atoms with van der Waals surface area (Å²) in [6.45, 7) is 4.34. The summed E-state index contributed by atoms with van der Waals surface area (Å²) in [4.78, 5) is 36.0. The summed E-state index contributed by atoms with van der Waals surface area (Å²) >= 11 is 0. The summed E-state index contributed by atoms with van der Waals surface area (Å²) in [5.41, 5.74) is -0.169. The van der Waals surface area contributed by atoms with Crippen molar-refractivity contribution in [2.75, 3.05) is 6.54 Å². The van der Waals surface area contributed by atoms with Gasteiger partial charge in [-0.25, -0.2) is 9.59 Å². The third kappa shape index (κ3) is 4.82. The average Bonchev–Trinajstić information content (AvgIpc) is 2.70. The van der Waals surface area contributed by atoms with E-state index in [1.54, 1.807) is 42.5 Å². The molecule has 0 spiro atoms. The summed E-state index contributed by atoms with van der Waals surface area (Å²) in [5, 5.41) is 12.7. The highest BCUT2D eigenvalue weighted by Crippen LogP contribution is 2.26. The van der Waals surface area contributed by atoms with Crippen molar-refractivity contribution in [2.24, 2.45) is 5.92 Å². The van der Waals surface area contributed by atoms with E-state index in [0.29, 0.717) is 17.5 Å². The lowest BCUT2D eigenvalue weighted by molar-refractivity contribution is -0.145. The van der Waals surface area contributed by atoms with Gasteiger partial charge in [0.1, 0.15) is 16.9 Å². The smallest absolute Gasteiger partial charge is 0.349 e. The van der Waals surface area contributed by atoms with E-state index >= 15 is 0 Å². The van der Waals surface area contributed by atoms with E-state index in [4.69, 9.17) is 9.15 Å². The fourth-order valence-electron chi connectivity index (χ4n) is 2.74. The van der Waals surface area contributed by atoms with Crippen molar-refractivity contribution in [3.63, 3.8) is 0 Å². The number of carboxylic acids is 1. The minimum absolute atomic E-state index is 0.0838. The van der Waals surface area contributed by atoms with E-state index in [1.165, 1.54) is 12.1 Å². The van der Waals surface area contributed by atoms with Gasteiger partial charge in [-0.2, -0.15) is 0 Å². The lowest BCUT2D eigenvalue weighted by atomic mass is 10.1. The van der Waals surface area contributed by atoms with Gasteiger partial charge in [0.2, 0.25) is 6.10 Å². The van der Waals surface area contributed by atoms with Crippen molar-refractivity contribution in [3.8, 4) is 5.75 Å². The monoisotopic (exact) mass is 395 g/mol. The Morgan fingerprint density at radius 3 is 2.48 bits per heavy atom. The first-order valence-electron chi connectivity index (χ1n) is 9.15. The number of nitrogens with one attached hydrogen (secondary N) is 1. The van der Waals surface area contributed by atoms with Gasteiger partial charge in [0, 0.05) is 23.6 Å². The van der Waals surface area contributed by atoms with Gasteiger partial charge in [-0.1, -0.05) is 44.2 Å². The third-order valence-electron chi connectivity index (χ3n) is 4.20. The Kier molecular flexibility index (Phi) is 5.97. The molecule has 150 valence electrons. The normalized spacial score (nSPS) is 12.0. The second kappa shape index (κ2) is 8.60. The van der Waals surface area contributed by atoms with Crippen molar-refractivity contribution in [1.29, 1.82) is 0 Å². The van der Waals surface area contributed by atoms with Crippen molar-refractivity contribution in [2.45, 2.75) is 20.0 Å². The maximum Gasteiger partial charge on any atom is 0.349 e. The summed E-state index contributed by atoms with van der Waals surface area (Å²) in [7, 11) is 0. The fourth-order valence-corrected chi connectivity index (χ4v) is 2.74. The molecule has 0 aliphatic carbocycles. The molecule has 0 aliphatic heterocycles. The van der Waals surface area contributed by atoms with Gasteiger partial charge in [0.25, 0.3) is 5.91 Å². The Bertz CT molecular complexity index is 1090. The zero-order valence-corrected chi connectivity index (χ0v) is 16.0. The van der Waals surface area contributed by atoms with Crippen LogP contribution in [-0.2, 0) is 4.79 Å². The van der Waals surface area contributed by atoms with Crippen LogP contribution in [0.2, 0.25) is 0 Å². The number of carboxylic acid groups (broad SMARTS) is 1. The van der Waals surface area contributed by atoms with Gasteiger partial charge in [0.15, 0.2) is 0 Å². The van der Waals surface area contributed by atoms with Crippen LogP contribution in [0.15, 0.2) is 63.8 Å². The Balaban J connectivity index is 1.88. The SMILES string of the molecule is CC(C)CNC(=O)c1cc2ccc(OC(C(=O)O)c3ccccc3)cc2oc1=O. The molecule has 7 nitrogen and oxygen atoms in total. The number of ether oxygens (including phenoxy) is 1. The van der Waals surface area contributed by atoms with Crippen LogP contribution in [0.4, 0.5) is 0 Å². The van der Waals surface area contributed by atoms with Gasteiger partial charge < -0.3 is 19.6 Å². The van der Waals surface area contributed by atoms with E-state index in [-0.39, 0.29) is 22.8 Å². The van der Waals surface area contributed by atoms with E-state index in [1.807, 2.05) is 13.8 Å². The molecule has 0 saturated carbocycles. The Labute approximate surface area is 166 Å². The fraction of sp³-hybridized carbons (Fsp3) is 0.227. The number of rotatable bonds is 7. The van der Waals surface area contributed by atoms with Crippen molar-refractivity contribution in [3.05, 3.63) is 76.1 Å².